The molecule has 1 saturated heterocycles. The molecule has 0 saturated carbocycles. The molecular formula is C24H28BrN6O3P. The highest BCUT2D eigenvalue weighted by Gasteiger charge is 2.48. The largest absolute Gasteiger partial charge is 0.379 e. The number of anilines is 1. The summed E-state index contributed by atoms with van der Waals surface area (Å²) in [6.07, 6.45) is 1.96. The van der Waals surface area contributed by atoms with Crippen molar-refractivity contribution in [1.82, 2.24) is 9.45 Å². The van der Waals surface area contributed by atoms with Crippen LogP contribution in [0, 0.1) is 10.1 Å². The number of hydrogen-bond acceptors (Lipinski definition) is 6. The van der Waals surface area contributed by atoms with Crippen LogP contribution in [0.25, 0.3) is 0 Å². The van der Waals surface area contributed by atoms with Crippen LogP contribution in [0.2, 0.25) is 0 Å². The second-order valence-corrected chi connectivity index (χ2v) is 13.1. The minimum atomic E-state index is -2.58. The number of hydrogen-bond donors (Lipinski definition) is 0. The highest BCUT2D eigenvalue weighted by Crippen LogP contribution is 2.69. The number of ether oxygens (including phenoxy) is 1. The Kier molecular flexibility index (Phi) is 6.12. The molecule has 0 spiro atoms. The number of para-hydroxylation sites is 1. The molecule has 0 N–H and O–H groups in total. The number of non-ortho nitro benzene ring substituents is 1. The minimum absolute atomic E-state index is 0.0243. The van der Waals surface area contributed by atoms with Crippen molar-refractivity contribution >= 4 is 46.6 Å². The van der Waals surface area contributed by atoms with Gasteiger partial charge in [0.1, 0.15) is 0 Å². The van der Waals surface area contributed by atoms with Crippen LogP contribution in [-0.2, 0) is 10.2 Å². The average Bonchev–Trinajstić information content (AvgIpc) is 3.26. The van der Waals surface area contributed by atoms with E-state index in [1.54, 1.807) is 6.07 Å². The molecule has 0 amide bonds. The zero-order chi connectivity index (χ0) is 25.0. The molecule has 9 nitrogen and oxygen atoms in total. The molecule has 3 heterocycles. The molecule has 1 unspecified atom stereocenters. The fourth-order valence-corrected chi connectivity index (χ4v) is 9.54. The maximum absolute atomic E-state index is 11.3. The number of fused-ring (bicyclic) bond motifs is 1. The van der Waals surface area contributed by atoms with E-state index in [-0.39, 0.29) is 11.1 Å². The Balaban J connectivity index is 1.79. The van der Waals surface area contributed by atoms with Gasteiger partial charge in [0.2, 0.25) is 0 Å². The lowest BCUT2D eigenvalue weighted by Gasteiger charge is -2.41. The zero-order valence-corrected chi connectivity index (χ0v) is 22.7. The number of nitro groups is 1. The van der Waals surface area contributed by atoms with Crippen LogP contribution in [0.5, 0.6) is 0 Å². The third-order valence-corrected chi connectivity index (χ3v) is 11.2. The van der Waals surface area contributed by atoms with Crippen molar-refractivity contribution in [1.29, 1.82) is 0 Å². The molecule has 3 aliphatic heterocycles. The van der Waals surface area contributed by atoms with Gasteiger partial charge in [-0.3, -0.25) is 10.1 Å². The average molecular weight is 559 g/mol. The van der Waals surface area contributed by atoms with Crippen LogP contribution in [0.15, 0.2) is 67.8 Å². The lowest BCUT2D eigenvalue weighted by atomic mass is 9.84. The lowest BCUT2D eigenvalue weighted by molar-refractivity contribution is -0.384. The predicted molar refractivity (Wildman–Crippen MR) is 143 cm³/mol. The van der Waals surface area contributed by atoms with Crippen molar-refractivity contribution in [3.63, 3.8) is 0 Å². The molecule has 3 aliphatic rings. The Morgan fingerprint density at radius 1 is 1.17 bits per heavy atom. The summed E-state index contributed by atoms with van der Waals surface area (Å²) in [6.45, 7) is 7.19. The van der Waals surface area contributed by atoms with Gasteiger partial charge in [-0.25, -0.2) is 14.2 Å². The third-order valence-electron chi connectivity index (χ3n) is 6.95. The van der Waals surface area contributed by atoms with Gasteiger partial charge in [0, 0.05) is 56.1 Å². The standard InChI is InChI=1S/C24H28BrN6O3P/c1-24(2)18-7-5-6-8-21(18)28(3)23(24)22-16-26-29(4)35(22,30-11-13-34-14-12-30)27-20-10-9-17(31(32)33)15-19(20)25/h5-10,15-16H,11-14H2,1-4H3. The summed E-state index contributed by atoms with van der Waals surface area (Å²) in [5, 5.41) is 17.2. The number of benzene rings is 2. The summed E-state index contributed by atoms with van der Waals surface area (Å²) in [6, 6.07) is 13.2. The SMILES string of the molecule is CN1C(=C2C=NN(C)P2(=Nc2ccc([N+](=O)[O-])cc2Br)N2CCOCC2)C(C)(C)c2ccccc21. The van der Waals surface area contributed by atoms with E-state index < -0.39 is 12.3 Å². The minimum Gasteiger partial charge on any atom is -0.379 e. The summed E-state index contributed by atoms with van der Waals surface area (Å²) >= 11 is 3.54. The summed E-state index contributed by atoms with van der Waals surface area (Å²) in [4.78, 5) is 13.2. The summed E-state index contributed by atoms with van der Waals surface area (Å²) in [5.41, 5.74) is 4.06. The number of rotatable bonds is 3. The maximum Gasteiger partial charge on any atom is 0.270 e. The van der Waals surface area contributed by atoms with Crippen LogP contribution >= 0.6 is 23.3 Å². The monoisotopic (exact) mass is 558 g/mol. The molecule has 0 aliphatic carbocycles. The Labute approximate surface area is 213 Å². The van der Waals surface area contributed by atoms with Crippen molar-refractivity contribution in [2.24, 2.45) is 9.85 Å². The van der Waals surface area contributed by atoms with Gasteiger partial charge in [0.15, 0.2) is 7.36 Å². The normalized spacial score (nSPS) is 25.7. The molecule has 11 heteroatoms. The fraction of sp³-hybridized carbons (Fsp3) is 0.375. The van der Waals surface area contributed by atoms with Gasteiger partial charge >= 0.3 is 0 Å². The molecule has 0 bridgehead atoms. The highest BCUT2D eigenvalue weighted by molar-refractivity contribution is 9.10. The first kappa shape index (κ1) is 24.2. The van der Waals surface area contributed by atoms with E-state index in [2.05, 4.69) is 70.7 Å². The van der Waals surface area contributed by atoms with Crippen molar-refractivity contribution in [3.8, 4) is 0 Å². The van der Waals surface area contributed by atoms with E-state index in [1.807, 2.05) is 18.0 Å². The van der Waals surface area contributed by atoms with E-state index in [0.29, 0.717) is 23.4 Å². The summed E-state index contributed by atoms with van der Waals surface area (Å²) in [5.74, 6) is 0. The number of likely N-dealkylation sites (N-methyl/N-ethyl adjacent to an activating group) is 1. The number of allylic oxidation sites excluding steroid dienone is 2. The first-order chi connectivity index (χ1) is 16.7. The number of morpholine rings is 1. The Morgan fingerprint density at radius 3 is 2.54 bits per heavy atom. The maximum atomic E-state index is 11.3. The van der Waals surface area contributed by atoms with Crippen molar-refractivity contribution in [2.75, 3.05) is 45.3 Å². The summed E-state index contributed by atoms with van der Waals surface area (Å²) in [7, 11) is 1.51. The predicted octanol–water partition coefficient (Wildman–Crippen LogP) is 5.92. The van der Waals surface area contributed by atoms with Crippen molar-refractivity contribution in [2.45, 2.75) is 19.3 Å². The molecule has 2 aromatic rings. The Bertz CT molecular complexity index is 1320. The van der Waals surface area contributed by atoms with E-state index in [9.17, 15) is 10.1 Å². The second kappa shape index (κ2) is 8.85. The smallest absolute Gasteiger partial charge is 0.270 e. The van der Waals surface area contributed by atoms with Crippen molar-refractivity contribution in [3.05, 3.63) is 73.6 Å². The quantitative estimate of drug-likeness (QED) is 0.264. The van der Waals surface area contributed by atoms with Crippen LogP contribution < -0.4 is 4.90 Å². The van der Waals surface area contributed by atoms with Gasteiger partial charge in [-0.15, -0.1) is 0 Å². The second-order valence-electron chi connectivity index (χ2n) is 9.30. The first-order valence-electron chi connectivity index (χ1n) is 11.4. The van der Waals surface area contributed by atoms with Gasteiger partial charge in [-0.1, -0.05) is 32.0 Å². The van der Waals surface area contributed by atoms with Crippen LogP contribution in [-0.4, -0.2) is 61.0 Å². The molecule has 0 aromatic heterocycles. The fourth-order valence-electron chi connectivity index (χ4n) is 5.29. The molecule has 5 rings (SSSR count). The van der Waals surface area contributed by atoms with E-state index >= 15 is 0 Å². The Hall–Kier alpha value is -2.52. The van der Waals surface area contributed by atoms with Crippen molar-refractivity contribution < 1.29 is 9.66 Å². The van der Waals surface area contributed by atoms with Crippen LogP contribution in [0.4, 0.5) is 17.1 Å². The molecule has 184 valence electrons. The number of halogens is 1. The topological polar surface area (TPSA) is 86.8 Å². The zero-order valence-electron chi connectivity index (χ0n) is 20.2. The number of hydrazone groups is 1. The van der Waals surface area contributed by atoms with Gasteiger partial charge in [0.25, 0.3) is 5.69 Å². The van der Waals surface area contributed by atoms with E-state index in [0.717, 1.165) is 18.4 Å². The molecule has 1 atom stereocenters. The lowest BCUT2D eigenvalue weighted by Crippen LogP contribution is -2.37. The van der Waals surface area contributed by atoms with Gasteiger partial charge < -0.3 is 9.64 Å². The molecule has 0 radical (unpaired) electrons. The third kappa shape index (κ3) is 3.74. The van der Waals surface area contributed by atoms with Gasteiger partial charge in [-0.05, 0) is 33.6 Å². The first-order valence-corrected chi connectivity index (χ1v) is 13.9. The van der Waals surface area contributed by atoms with Gasteiger partial charge in [-0.2, -0.15) is 5.10 Å². The number of nitro benzene ring substituents is 1. The highest BCUT2D eigenvalue weighted by atomic mass is 79.9. The number of nitrogens with zero attached hydrogens (tertiary/aromatic N) is 6. The van der Waals surface area contributed by atoms with E-state index in [1.165, 1.54) is 29.1 Å². The van der Waals surface area contributed by atoms with Gasteiger partial charge in [0.05, 0.1) is 39.8 Å². The Morgan fingerprint density at radius 2 is 1.89 bits per heavy atom. The molecule has 2 aromatic carbocycles. The van der Waals surface area contributed by atoms with E-state index in [4.69, 9.17) is 14.6 Å². The van der Waals surface area contributed by atoms with Crippen LogP contribution in [0.1, 0.15) is 19.4 Å². The summed E-state index contributed by atoms with van der Waals surface area (Å²) < 4.78 is 16.1. The molecular weight excluding hydrogens is 531 g/mol. The van der Waals surface area contributed by atoms with Crippen LogP contribution in [0.3, 0.4) is 0 Å². The molecule has 1 fully saturated rings. The molecule has 35 heavy (non-hydrogen) atoms.